The number of nitrogens with zero attached hydrogens (tertiary/aromatic N) is 4. The molecule has 5 atom stereocenters. The van der Waals surface area contributed by atoms with Crippen LogP contribution in [0.25, 0.3) is 11.2 Å². The molecule has 0 bridgehead atoms. The highest BCUT2D eigenvalue weighted by Gasteiger charge is 2.40. The third-order valence-electron chi connectivity index (χ3n) is 9.56. The van der Waals surface area contributed by atoms with Crippen molar-refractivity contribution in [2.45, 2.75) is 161 Å². The van der Waals surface area contributed by atoms with Crippen LogP contribution >= 0.6 is 7.75 Å². The van der Waals surface area contributed by atoms with Crippen LogP contribution in [0.3, 0.4) is 0 Å². The second kappa shape index (κ2) is 22.3. The first-order valence-corrected chi connectivity index (χ1v) is 21.1. The number of carbonyl (C=O) groups is 1. The molecule has 2 aromatic heterocycles. The minimum Gasteiger partial charge on any atom is -0.461 e. The number of aliphatic hydroxyl groups excluding tert-OH is 1. The zero-order valence-corrected chi connectivity index (χ0v) is 32.6. The highest BCUT2D eigenvalue weighted by molar-refractivity contribution is 7.52. The van der Waals surface area contributed by atoms with E-state index in [0.717, 1.165) is 38.5 Å². The van der Waals surface area contributed by atoms with Crippen molar-refractivity contribution in [3.63, 3.8) is 0 Å². The third kappa shape index (κ3) is 13.9. The highest BCUT2D eigenvalue weighted by Crippen LogP contribution is 2.46. The van der Waals surface area contributed by atoms with Gasteiger partial charge in [-0.15, -0.1) is 0 Å². The number of nitrogens with two attached hydrogens (primary N) is 1. The van der Waals surface area contributed by atoms with Gasteiger partial charge in [-0.25, -0.2) is 9.55 Å². The number of esters is 1. The van der Waals surface area contributed by atoms with Gasteiger partial charge >= 0.3 is 19.8 Å². The fourth-order valence-corrected chi connectivity index (χ4v) is 8.02. The number of ether oxygens (including phenoxy) is 2. The van der Waals surface area contributed by atoms with Crippen molar-refractivity contribution in [1.82, 2.24) is 24.6 Å². The summed E-state index contributed by atoms with van der Waals surface area (Å²) in [5.74, 6) is -0.405. The van der Waals surface area contributed by atoms with Crippen LogP contribution in [0.1, 0.15) is 136 Å². The van der Waals surface area contributed by atoms with Gasteiger partial charge in [-0.1, -0.05) is 109 Å². The predicted molar refractivity (Wildman–Crippen MR) is 203 cm³/mol. The van der Waals surface area contributed by atoms with Gasteiger partial charge in [0.15, 0.2) is 17.0 Å². The molecule has 296 valence electrons. The maximum atomic E-state index is 14.3. The quantitative estimate of drug-likeness (QED) is 0.0308. The number of nitrogen functional groups attached to an aromatic ring is 1. The van der Waals surface area contributed by atoms with Crippen LogP contribution in [-0.4, -0.2) is 61.6 Å². The lowest BCUT2D eigenvalue weighted by molar-refractivity contribution is -0.151. The average Bonchev–Trinajstić information content (AvgIpc) is 3.73. The number of halogens is 1. The number of anilines is 1. The molecular formula is C38H60FN6O7P. The van der Waals surface area contributed by atoms with E-state index in [1.807, 2.05) is 0 Å². The number of unbranched alkanes of at least 4 members (excludes halogenated alkanes) is 12. The average molecular weight is 763 g/mol. The molecule has 13 nitrogen and oxygen atoms in total. The van der Waals surface area contributed by atoms with E-state index in [1.54, 1.807) is 37.3 Å². The van der Waals surface area contributed by atoms with E-state index in [0.29, 0.717) is 0 Å². The lowest BCUT2D eigenvalue weighted by atomic mass is 10.0. The predicted octanol–water partition coefficient (Wildman–Crippen LogP) is 8.57. The van der Waals surface area contributed by atoms with Crippen LogP contribution in [0.5, 0.6) is 5.75 Å². The van der Waals surface area contributed by atoms with Gasteiger partial charge in [0.25, 0.3) is 0 Å². The zero-order valence-electron chi connectivity index (χ0n) is 31.7. The molecule has 4 N–H and O–H groups in total. The number of fused-ring (bicyclic) bond motifs is 1. The van der Waals surface area contributed by atoms with Gasteiger partial charge in [0.2, 0.25) is 0 Å². The van der Waals surface area contributed by atoms with E-state index in [1.165, 1.54) is 75.1 Å². The maximum absolute atomic E-state index is 14.3. The molecule has 4 rings (SSSR count). The molecule has 3 aromatic rings. The number of carbonyl (C=O) groups excluding carboxylic acids is 1. The number of imidazole rings is 1. The van der Waals surface area contributed by atoms with Gasteiger partial charge < -0.3 is 24.8 Å². The Balaban J connectivity index is 1.37. The molecule has 1 fully saturated rings. The minimum atomic E-state index is -4.23. The van der Waals surface area contributed by atoms with E-state index in [-0.39, 0.29) is 41.9 Å². The summed E-state index contributed by atoms with van der Waals surface area (Å²) in [5.41, 5.74) is 6.11. The van der Waals surface area contributed by atoms with Gasteiger partial charge in [-0.05, 0) is 44.7 Å². The summed E-state index contributed by atoms with van der Waals surface area (Å²) in [6.07, 6.45) is 15.4. The van der Waals surface area contributed by atoms with Crippen molar-refractivity contribution < 1.29 is 37.4 Å². The van der Waals surface area contributed by atoms with Crippen LogP contribution < -0.4 is 15.3 Å². The number of hydrogen-bond donors (Lipinski definition) is 3. The van der Waals surface area contributed by atoms with Gasteiger partial charge in [0.05, 0.1) is 19.0 Å². The largest absolute Gasteiger partial charge is 0.461 e. The number of rotatable bonds is 26. The molecular weight excluding hydrogens is 702 g/mol. The summed E-state index contributed by atoms with van der Waals surface area (Å²) in [6, 6.07) is 7.44. The van der Waals surface area contributed by atoms with Gasteiger partial charge in [0, 0.05) is 6.42 Å². The van der Waals surface area contributed by atoms with E-state index in [9.17, 15) is 18.9 Å². The molecule has 1 saturated heterocycles. The molecule has 15 heteroatoms. The first-order chi connectivity index (χ1) is 25.6. The molecule has 0 amide bonds. The number of para-hydroxylation sites is 1. The normalized spacial score (nSPS) is 19.1. The lowest BCUT2D eigenvalue weighted by Gasteiger charge is -2.26. The summed E-state index contributed by atoms with van der Waals surface area (Å²) in [7, 11) is -4.23. The van der Waals surface area contributed by atoms with Crippen molar-refractivity contribution in [3.05, 3.63) is 42.7 Å². The Bertz CT molecular complexity index is 1550. The Hall–Kier alpha value is -3.16. The fourth-order valence-electron chi connectivity index (χ4n) is 6.52. The van der Waals surface area contributed by atoms with E-state index in [4.69, 9.17) is 24.3 Å². The molecule has 3 heterocycles. The number of aliphatic hydroxyl groups is 1. The summed E-state index contributed by atoms with van der Waals surface area (Å²) in [6.45, 7) is 5.64. The monoisotopic (exact) mass is 762 g/mol. The third-order valence-corrected chi connectivity index (χ3v) is 11.2. The molecule has 0 unspecified atom stereocenters. The zero-order chi connectivity index (χ0) is 38.1. The standard InChI is InChI=1S/C38H60FN6O7P/c1-4-6-8-10-12-14-17-21-29(22-18-15-13-11-9-7-5-2)50-37(47)28(3)44-53(48,52-30-23-19-16-20-24-30)49-26-32-31(46)25-33(51-32)45-27-41-34-35(40)42-38(39)43-36(34)45/h16,19-20,23-24,27-29,31-33,46H,4-15,17-18,21-22,25-26H2,1-3H3,(H,44,48)(H2,40,42,43)/t28-,31-,32+,33+,53-/m0/s1. The smallest absolute Gasteiger partial charge is 0.459 e. The van der Waals surface area contributed by atoms with E-state index >= 15 is 0 Å². The second-order valence-electron chi connectivity index (χ2n) is 14.1. The van der Waals surface area contributed by atoms with Crippen molar-refractivity contribution >= 4 is 30.7 Å². The molecule has 0 saturated carbocycles. The van der Waals surface area contributed by atoms with Gasteiger partial charge in [0.1, 0.15) is 30.2 Å². The number of nitrogens with one attached hydrogen (secondary N) is 1. The fraction of sp³-hybridized carbons (Fsp3) is 0.684. The maximum Gasteiger partial charge on any atom is 0.459 e. The van der Waals surface area contributed by atoms with E-state index < -0.39 is 44.3 Å². The Morgan fingerprint density at radius 2 is 1.60 bits per heavy atom. The lowest BCUT2D eigenvalue weighted by Crippen LogP contribution is -2.38. The molecule has 1 aliphatic heterocycles. The van der Waals surface area contributed by atoms with Crippen LogP contribution in [0.4, 0.5) is 10.2 Å². The Morgan fingerprint density at radius 3 is 2.23 bits per heavy atom. The van der Waals surface area contributed by atoms with Crippen LogP contribution in [-0.2, 0) is 23.4 Å². The summed E-state index contributed by atoms with van der Waals surface area (Å²) in [5, 5.41) is 13.6. The number of benzene rings is 1. The molecule has 0 radical (unpaired) electrons. The molecule has 53 heavy (non-hydrogen) atoms. The van der Waals surface area contributed by atoms with Crippen molar-refractivity contribution in [2.24, 2.45) is 0 Å². The summed E-state index contributed by atoms with van der Waals surface area (Å²) in [4.78, 5) is 25.0. The van der Waals surface area contributed by atoms with Gasteiger partial charge in [-0.2, -0.15) is 19.4 Å². The molecule has 1 aliphatic rings. The first kappa shape index (κ1) is 42.6. The highest BCUT2D eigenvalue weighted by atomic mass is 31.2. The molecule has 0 aliphatic carbocycles. The van der Waals surface area contributed by atoms with E-state index in [2.05, 4.69) is 33.9 Å². The number of hydrogen-bond acceptors (Lipinski definition) is 11. The summed E-state index contributed by atoms with van der Waals surface area (Å²) >= 11 is 0. The van der Waals surface area contributed by atoms with Crippen LogP contribution in [0.15, 0.2) is 36.7 Å². The van der Waals surface area contributed by atoms with Gasteiger partial charge in [-0.3, -0.25) is 13.9 Å². The summed E-state index contributed by atoms with van der Waals surface area (Å²) < 4.78 is 53.4. The SMILES string of the molecule is CCCCCCCCCC(CCCCCCCCC)OC(=O)[C@H](C)N[P@](=O)(OC[C@H]1O[C@@H](n2cnc3c(N)nc(F)nc32)C[C@@H]1O)Oc1ccccc1. The van der Waals surface area contributed by atoms with Crippen LogP contribution in [0, 0.1) is 6.08 Å². The van der Waals surface area contributed by atoms with Crippen molar-refractivity contribution in [1.29, 1.82) is 0 Å². The molecule has 0 spiro atoms. The molecule has 1 aromatic carbocycles. The topological polar surface area (TPSA) is 173 Å². The second-order valence-corrected chi connectivity index (χ2v) is 15.8. The Labute approximate surface area is 313 Å². The van der Waals surface area contributed by atoms with Crippen molar-refractivity contribution in [3.8, 4) is 5.75 Å². The Kier molecular flexibility index (Phi) is 17.9. The number of aromatic nitrogens is 4. The minimum absolute atomic E-state index is 0.0872. The van der Waals surface area contributed by atoms with Crippen LogP contribution in [0.2, 0.25) is 0 Å². The van der Waals surface area contributed by atoms with Crippen molar-refractivity contribution in [2.75, 3.05) is 12.3 Å². The Morgan fingerprint density at radius 1 is 1.00 bits per heavy atom. The first-order valence-electron chi connectivity index (χ1n) is 19.6.